The Kier molecular flexibility index (Phi) is 8.15. The maximum Gasteiger partial charge on any atom is 0.547 e. The number of carbonyl (C=O) groups is 4. The van der Waals surface area contributed by atoms with E-state index in [0.717, 1.165) is 30.5 Å². The van der Waals surface area contributed by atoms with Gasteiger partial charge in [-0.15, -0.1) is 0 Å². The number of sulfonamides is 1. The Balaban J connectivity index is 1.60. The Morgan fingerprint density at radius 3 is 2.34 bits per heavy atom. The van der Waals surface area contributed by atoms with E-state index in [-0.39, 0.29) is 41.7 Å². The number of hydrogen-bond acceptors (Lipinski definition) is 9. The number of aromatic carboxylic acids is 1. The van der Waals surface area contributed by atoms with Crippen molar-refractivity contribution >= 4 is 54.0 Å². The standard InChI is InChI=1S/C22H24BN4O12PS/c1-41(37,38)27-10-9-26(22(27)32)21(31)25-17(12-5-7-14(8-6-12)40(34,35)36)19(28)24-16-11-13-3-2-4-15(20(29)30)18(13)39-23(16)33/h2-8,16-17,33H,9-11H2,1H3,(H,24,28)(H,25,31)(H,29,30)(H2,34,35,36)/t16-,17?/m0/s1. The number of rotatable bonds is 7. The first-order valence-corrected chi connectivity index (χ1v) is 15.3. The predicted octanol–water partition coefficient (Wildman–Crippen LogP) is -1.22. The van der Waals surface area contributed by atoms with Gasteiger partial charge in [-0.2, -0.15) is 0 Å². The van der Waals surface area contributed by atoms with E-state index in [9.17, 15) is 52.1 Å². The Morgan fingerprint density at radius 2 is 1.78 bits per heavy atom. The second-order valence-electron chi connectivity index (χ2n) is 9.21. The fourth-order valence-electron chi connectivity index (χ4n) is 4.36. The van der Waals surface area contributed by atoms with E-state index in [1.807, 2.05) is 0 Å². The van der Waals surface area contributed by atoms with Gasteiger partial charge in [0, 0.05) is 0 Å². The number of carbonyl (C=O) groups excluding carboxylic acids is 3. The number of amides is 5. The lowest BCUT2D eigenvalue weighted by atomic mass is 9.72. The molecule has 2 aromatic rings. The summed E-state index contributed by atoms with van der Waals surface area (Å²) < 4.78 is 41.1. The number of nitrogens with zero attached hydrogens (tertiary/aromatic N) is 2. The Morgan fingerprint density at radius 1 is 1.12 bits per heavy atom. The number of carboxylic acid groups (broad SMARTS) is 1. The van der Waals surface area contributed by atoms with Crippen LogP contribution in [0.25, 0.3) is 0 Å². The van der Waals surface area contributed by atoms with Gasteiger partial charge in [-0.25, -0.2) is 32.0 Å². The lowest BCUT2D eigenvalue weighted by Gasteiger charge is -2.30. The number of para-hydroxylation sites is 1. The van der Waals surface area contributed by atoms with Gasteiger partial charge < -0.3 is 35.2 Å². The first-order valence-electron chi connectivity index (χ1n) is 11.8. The molecule has 0 spiro atoms. The molecule has 0 saturated carbocycles. The lowest BCUT2D eigenvalue weighted by molar-refractivity contribution is -0.123. The molecule has 1 unspecified atom stereocenters. The average molecular weight is 610 g/mol. The molecule has 41 heavy (non-hydrogen) atoms. The Hall–Kier alpha value is -3.96. The fourth-order valence-corrected chi connectivity index (χ4v) is 5.69. The summed E-state index contributed by atoms with van der Waals surface area (Å²) in [6.45, 7) is -0.608. The van der Waals surface area contributed by atoms with E-state index in [1.165, 1.54) is 12.1 Å². The summed E-state index contributed by atoms with van der Waals surface area (Å²) >= 11 is 0. The minimum Gasteiger partial charge on any atom is -0.534 e. The fraction of sp³-hybridized carbons (Fsp3) is 0.273. The molecular weight excluding hydrogens is 586 g/mol. The maximum absolute atomic E-state index is 13.4. The van der Waals surface area contributed by atoms with Crippen molar-refractivity contribution < 1.29 is 56.7 Å². The number of carboxylic acids is 1. The molecule has 1 saturated heterocycles. The van der Waals surface area contributed by atoms with Crippen molar-refractivity contribution in [2.45, 2.75) is 18.4 Å². The van der Waals surface area contributed by atoms with Crippen LogP contribution in [0.15, 0.2) is 42.5 Å². The molecule has 0 bridgehead atoms. The van der Waals surface area contributed by atoms with Crippen LogP contribution in [-0.2, 0) is 25.8 Å². The van der Waals surface area contributed by atoms with E-state index in [0.29, 0.717) is 14.8 Å². The van der Waals surface area contributed by atoms with Gasteiger partial charge in [-0.05, 0) is 35.7 Å². The van der Waals surface area contributed by atoms with Crippen LogP contribution < -0.4 is 20.6 Å². The molecule has 1 fully saturated rings. The third-order valence-electron chi connectivity index (χ3n) is 6.39. The van der Waals surface area contributed by atoms with Crippen molar-refractivity contribution in [3.05, 3.63) is 59.2 Å². The van der Waals surface area contributed by atoms with Crippen LogP contribution in [0.5, 0.6) is 5.75 Å². The highest BCUT2D eigenvalue weighted by Crippen LogP contribution is 2.33. The summed E-state index contributed by atoms with van der Waals surface area (Å²) in [6.07, 6.45) is 0.731. The van der Waals surface area contributed by atoms with E-state index in [4.69, 9.17) is 4.65 Å². The summed E-state index contributed by atoms with van der Waals surface area (Å²) in [5.41, 5.74) is 0.204. The number of fused-ring (bicyclic) bond motifs is 1. The lowest BCUT2D eigenvalue weighted by Crippen LogP contribution is -2.56. The molecule has 2 aliphatic rings. The van der Waals surface area contributed by atoms with Gasteiger partial charge in [-0.1, -0.05) is 24.3 Å². The minimum atomic E-state index is -4.64. The van der Waals surface area contributed by atoms with Crippen molar-refractivity contribution in [3.8, 4) is 5.75 Å². The van der Waals surface area contributed by atoms with Crippen LogP contribution in [0.1, 0.15) is 27.5 Å². The molecule has 19 heteroatoms. The number of benzene rings is 2. The maximum atomic E-state index is 13.4. The summed E-state index contributed by atoms with van der Waals surface area (Å²) in [4.78, 5) is 69.8. The van der Waals surface area contributed by atoms with Crippen molar-refractivity contribution in [2.75, 3.05) is 19.3 Å². The van der Waals surface area contributed by atoms with E-state index in [1.54, 1.807) is 6.07 Å². The smallest absolute Gasteiger partial charge is 0.534 e. The second-order valence-corrected chi connectivity index (χ2v) is 12.7. The zero-order valence-electron chi connectivity index (χ0n) is 21.2. The number of urea groups is 2. The molecule has 2 heterocycles. The van der Waals surface area contributed by atoms with E-state index >= 15 is 0 Å². The third-order valence-corrected chi connectivity index (χ3v) is 8.50. The van der Waals surface area contributed by atoms with Crippen LogP contribution in [0, 0.1) is 0 Å². The first-order chi connectivity index (χ1) is 19.1. The van der Waals surface area contributed by atoms with E-state index in [2.05, 4.69) is 10.6 Å². The molecular formula is C22H24BN4O12PS. The van der Waals surface area contributed by atoms with Gasteiger partial charge >= 0.3 is 32.7 Å². The normalized spacial score (nSPS) is 17.9. The number of imide groups is 1. The molecule has 0 radical (unpaired) electrons. The largest absolute Gasteiger partial charge is 0.547 e. The second kappa shape index (κ2) is 11.1. The molecule has 2 atom stereocenters. The predicted molar refractivity (Wildman–Crippen MR) is 141 cm³/mol. The van der Waals surface area contributed by atoms with Crippen LogP contribution in [0.2, 0.25) is 0 Å². The van der Waals surface area contributed by atoms with Crippen molar-refractivity contribution in [1.82, 2.24) is 19.8 Å². The molecule has 218 valence electrons. The first kappa shape index (κ1) is 30.0. The molecule has 4 rings (SSSR count). The molecule has 6 N–H and O–H groups in total. The summed E-state index contributed by atoms with van der Waals surface area (Å²) in [5.74, 6) is -3.41. The average Bonchev–Trinajstić information content (AvgIpc) is 3.28. The van der Waals surface area contributed by atoms with Gasteiger partial charge in [0.05, 0.1) is 36.2 Å². The SMILES string of the molecule is CS(=O)(=O)N1CCN(C(=O)NC(C(=O)N[C@H]2Cc3cccc(C(=O)O)c3OB2O)c2ccc(P(=O)(O)O)cc2)C1=O. The van der Waals surface area contributed by atoms with Crippen LogP contribution in [0.3, 0.4) is 0 Å². The molecule has 16 nitrogen and oxygen atoms in total. The molecule has 0 aliphatic carbocycles. The molecule has 5 amide bonds. The zero-order valence-corrected chi connectivity index (χ0v) is 22.9. The molecule has 2 aliphatic heterocycles. The van der Waals surface area contributed by atoms with Gasteiger partial charge in [-0.3, -0.25) is 9.36 Å². The van der Waals surface area contributed by atoms with Crippen LogP contribution in [0.4, 0.5) is 9.59 Å². The number of hydrogen-bond donors (Lipinski definition) is 6. The number of nitrogens with one attached hydrogen (secondary N) is 2. The van der Waals surface area contributed by atoms with Crippen molar-refractivity contribution in [1.29, 1.82) is 0 Å². The molecule has 0 aromatic heterocycles. The van der Waals surface area contributed by atoms with Crippen molar-refractivity contribution in [2.24, 2.45) is 0 Å². The highest BCUT2D eigenvalue weighted by Gasteiger charge is 2.42. The quantitative estimate of drug-likeness (QED) is 0.160. The van der Waals surface area contributed by atoms with Crippen LogP contribution >= 0.6 is 7.60 Å². The zero-order chi connectivity index (χ0) is 30.3. The summed E-state index contributed by atoms with van der Waals surface area (Å²) in [7, 11) is -10.3. The monoisotopic (exact) mass is 610 g/mol. The van der Waals surface area contributed by atoms with Crippen LogP contribution in [-0.4, -0.2) is 93.9 Å². The van der Waals surface area contributed by atoms with Crippen molar-refractivity contribution in [3.63, 3.8) is 0 Å². The van der Waals surface area contributed by atoms with Gasteiger partial charge in [0.15, 0.2) is 0 Å². The third kappa shape index (κ3) is 6.36. The highest BCUT2D eigenvalue weighted by molar-refractivity contribution is 7.88. The van der Waals surface area contributed by atoms with Gasteiger partial charge in [0.1, 0.15) is 11.8 Å². The minimum absolute atomic E-state index is 0.0273. The Labute approximate surface area is 233 Å². The summed E-state index contributed by atoms with van der Waals surface area (Å²) in [6, 6.07) is 4.83. The summed E-state index contributed by atoms with van der Waals surface area (Å²) in [5, 5.41) is 24.4. The Bertz CT molecular complexity index is 1560. The highest BCUT2D eigenvalue weighted by atomic mass is 32.2. The topological polar surface area (TPSA) is 240 Å². The van der Waals surface area contributed by atoms with Gasteiger partial charge in [0.2, 0.25) is 15.9 Å². The van der Waals surface area contributed by atoms with Gasteiger partial charge in [0.25, 0.3) is 0 Å². The van der Waals surface area contributed by atoms with E-state index < -0.39 is 60.7 Å². The molecule has 2 aromatic carbocycles.